The second-order valence-corrected chi connectivity index (χ2v) is 7.11. The molecule has 0 saturated heterocycles. The Morgan fingerprint density at radius 1 is 1.05 bits per heavy atom. The molecule has 0 heterocycles. The van der Waals surface area contributed by atoms with Gasteiger partial charge in [0.1, 0.15) is 0 Å². The van der Waals surface area contributed by atoms with Crippen LogP contribution in [0.2, 0.25) is 0 Å². The molecular formula is C20H31N. The molecule has 1 aromatic rings. The fourth-order valence-electron chi connectivity index (χ4n) is 4.95. The molecule has 0 spiro atoms. The van der Waals surface area contributed by atoms with Crippen molar-refractivity contribution < 1.29 is 0 Å². The topological polar surface area (TPSA) is 12.0 Å². The van der Waals surface area contributed by atoms with E-state index in [1.54, 1.807) is 11.1 Å². The van der Waals surface area contributed by atoms with Crippen LogP contribution in [0, 0.1) is 17.8 Å². The van der Waals surface area contributed by atoms with Gasteiger partial charge >= 0.3 is 0 Å². The second kappa shape index (κ2) is 6.52. The third kappa shape index (κ3) is 2.90. The van der Waals surface area contributed by atoms with Gasteiger partial charge in [0.05, 0.1) is 0 Å². The first-order valence-corrected chi connectivity index (χ1v) is 9.11. The first kappa shape index (κ1) is 15.1. The fraction of sp³-hybridized carbons (Fsp3) is 0.700. The molecule has 2 bridgehead atoms. The molecule has 0 radical (unpaired) electrons. The van der Waals surface area contributed by atoms with Gasteiger partial charge in [-0.25, -0.2) is 0 Å². The molecule has 21 heavy (non-hydrogen) atoms. The molecule has 1 N–H and O–H groups in total. The lowest BCUT2D eigenvalue weighted by atomic mass is 9.79. The summed E-state index contributed by atoms with van der Waals surface area (Å²) in [6.07, 6.45) is 8.25. The highest BCUT2D eigenvalue weighted by atomic mass is 14.9. The summed E-state index contributed by atoms with van der Waals surface area (Å²) in [4.78, 5) is 0. The summed E-state index contributed by atoms with van der Waals surface area (Å²) >= 11 is 0. The van der Waals surface area contributed by atoms with E-state index in [2.05, 4.69) is 44.3 Å². The molecule has 1 aromatic carbocycles. The fourth-order valence-corrected chi connectivity index (χ4v) is 4.95. The van der Waals surface area contributed by atoms with E-state index in [0.29, 0.717) is 6.04 Å². The quantitative estimate of drug-likeness (QED) is 0.784. The third-order valence-electron chi connectivity index (χ3n) is 6.00. The van der Waals surface area contributed by atoms with E-state index >= 15 is 0 Å². The number of aryl methyl sites for hydroxylation is 2. The van der Waals surface area contributed by atoms with Crippen LogP contribution in [-0.2, 0) is 12.8 Å². The minimum atomic E-state index is 0.585. The van der Waals surface area contributed by atoms with E-state index in [9.17, 15) is 0 Å². The molecule has 116 valence electrons. The van der Waals surface area contributed by atoms with Gasteiger partial charge in [0.25, 0.3) is 0 Å². The van der Waals surface area contributed by atoms with Crippen LogP contribution in [0.3, 0.4) is 0 Å². The predicted octanol–water partition coefficient (Wildman–Crippen LogP) is 4.90. The highest BCUT2D eigenvalue weighted by molar-refractivity contribution is 5.34. The second-order valence-electron chi connectivity index (χ2n) is 7.11. The van der Waals surface area contributed by atoms with Gasteiger partial charge in [-0.05, 0) is 73.1 Å². The lowest BCUT2D eigenvalue weighted by Gasteiger charge is -2.32. The maximum Gasteiger partial charge on any atom is 0.0351 e. The first-order chi connectivity index (χ1) is 10.3. The van der Waals surface area contributed by atoms with Crippen LogP contribution in [0.15, 0.2) is 18.2 Å². The van der Waals surface area contributed by atoms with Crippen LogP contribution >= 0.6 is 0 Å². The van der Waals surface area contributed by atoms with Gasteiger partial charge in [-0.1, -0.05) is 45.4 Å². The van der Waals surface area contributed by atoms with E-state index in [4.69, 9.17) is 0 Å². The van der Waals surface area contributed by atoms with Crippen molar-refractivity contribution in [2.75, 3.05) is 6.54 Å². The Kier molecular flexibility index (Phi) is 4.69. The Balaban J connectivity index is 1.86. The highest BCUT2D eigenvalue weighted by Crippen LogP contribution is 2.52. The third-order valence-corrected chi connectivity index (χ3v) is 6.00. The van der Waals surface area contributed by atoms with Crippen LogP contribution < -0.4 is 5.32 Å². The Bertz CT molecular complexity index is 479. The average Bonchev–Trinajstić information content (AvgIpc) is 3.14. The van der Waals surface area contributed by atoms with E-state index in [1.165, 1.54) is 31.2 Å². The number of nitrogens with one attached hydrogen (secondary N) is 1. The van der Waals surface area contributed by atoms with Gasteiger partial charge in [-0.15, -0.1) is 0 Å². The van der Waals surface area contributed by atoms with Crippen LogP contribution in [-0.4, -0.2) is 6.54 Å². The smallest absolute Gasteiger partial charge is 0.0351 e. The zero-order valence-electron chi connectivity index (χ0n) is 14.0. The maximum absolute atomic E-state index is 3.81. The Morgan fingerprint density at radius 2 is 1.86 bits per heavy atom. The molecule has 2 saturated carbocycles. The van der Waals surface area contributed by atoms with Crippen LogP contribution in [0.1, 0.15) is 69.2 Å². The molecule has 1 nitrogen and oxygen atoms in total. The molecule has 4 unspecified atom stereocenters. The summed E-state index contributed by atoms with van der Waals surface area (Å²) in [6, 6.07) is 7.86. The van der Waals surface area contributed by atoms with Gasteiger partial charge in [-0.2, -0.15) is 0 Å². The minimum Gasteiger partial charge on any atom is -0.310 e. The number of benzene rings is 1. The predicted molar refractivity (Wildman–Crippen MR) is 90.6 cm³/mol. The number of hydrogen-bond acceptors (Lipinski definition) is 1. The minimum absolute atomic E-state index is 0.585. The van der Waals surface area contributed by atoms with Gasteiger partial charge in [-0.3, -0.25) is 0 Å². The van der Waals surface area contributed by atoms with Crippen molar-refractivity contribution >= 4 is 0 Å². The number of fused-ring (bicyclic) bond motifs is 2. The molecule has 1 heteroatoms. The zero-order chi connectivity index (χ0) is 14.8. The van der Waals surface area contributed by atoms with Crippen molar-refractivity contribution in [3.63, 3.8) is 0 Å². The van der Waals surface area contributed by atoms with Crippen molar-refractivity contribution in [3.05, 3.63) is 34.9 Å². The van der Waals surface area contributed by atoms with Crippen LogP contribution in [0.4, 0.5) is 0 Å². The van der Waals surface area contributed by atoms with Gasteiger partial charge in [0, 0.05) is 6.04 Å². The first-order valence-electron chi connectivity index (χ1n) is 9.11. The molecule has 3 rings (SSSR count). The van der Waals surface area contributed by atoms with E-state index in [0.717, 1.165) is 37.1 Å². The number of hydrogen-bond donors (Lipinski definition) is 1. The molecule has 2 fully saturated rings. The summed E-state index contributed by atoms with van der Waals surface area (Å²) in [7, 11) is 0. The van der Waals surface area contributed by atoms with Crippen LogP contribution in [0.25, 0.3) is 0 Å². The molecule has 2 aliphatic carbocycles. The van der Waals surface area contributed by atoms with Gasteiger partial charge in [0.2, 0.25) is 0 Å². The summed E-state index contributed by atoms with van der Waals surface area (Å²) in [5.41, 5.74) is 4.63. The Morgan fingerprint density at radius 3 is 2.43 bits per heavy atom. The summed E-state index contributed by atoms with van der Waals surface area (Å²) in [6.45, 7) is 7.89. The van der Waals surface area contributed by atoms with Crippen molar-refractivity contribution in [1.29, 1.82) is 0 Å². The van der Waals surface area contributed by atoms with Crippen molar-refractivity contribution in [3.8, 4) is 0 Å². The van der Waals surface area contributed by atoms with Crippen LogP contribution in [0.5, 0.6) is 0 Å². The average molecular weight is 285 g/mol. The lowest BCUT2D eigenvalue weighted by Crippen LogP contribution is -2.31. The monoisotopic (exact) mass is 285 g/mol. The molecule has 2 aliphatic rings. The summed E-state index contributed by atoms with van der Waals surface area (Å²) < 4.78 is 0. The zero-order valence-corrected chi connectivity index (χ0v) is 14.0. The Hall–Kier alpha value is -0.820. The van der Waals surface area contributed by atoms with E-state index < -0.39 is 0 Å². The standard InChI is InChI=1S/C20H31N/c1-4-15-9-10-18(13-16(15)5-2)20(21-6-3)19-12-14-7-8-17(19)11-14/h9-10,13-14,17,19-21H,4-8,11-12H2,1-3H3. The van der Waals surface area contributed by atoms with Crippen molar-refractivity contribution in [2.45, 2.75) is 65.3 Å². The summed E-state index contributed by atoms with van der Waals surface area (Å²) in [5, 5.41) is 3.81. The molecule has 4 atom stereocenters. The molecule has 0 aromatic heterocycles. The van der Waals surface area contributed by atoms with E-state index in [-0.39, 0.29) is 0 Å². The van der Waals surface area contributed by atoms with Gasteiger partial charge in [0.15, 0.2) is 0 Å². The SMILES string of the molecule is CCNC(c1ccc(CC)c(CC)c1)C1CC2CCC1C2. The summed E-state index contributed by atoms with van der Waals surface area (Å²) in [5.74, 6) is 2.89. The highest BCUT2D eigenvalue weighted by Gasteiger charge is 2.43. The van der Waals surface area contributed by atoms with Crippen molar-refractivity contribution in [1.82, 2.24) is 5.32 Å². The normalized spacial score (nSPS) is 29.0. The molecule has 0 amide bonds. The largest absolute Gasteiger partial charge is 0.310 e. The van der Waals surface area contributed by atoms with Gasteiger partial charge < -0.3 is 5.32 Å². The van der Waals surface area contributed by atoms with E-state index in [1.807, 2.05) is 0 Å². The number of rotatable bonds is 6. The maximum atomic E-state index is 3.81. The lowest BCUT2D eigenvalue weighted by molar-refractivity contribution is 0.253. The Labute approximate surface area is 130 Å². The molecular weight excluding hydrogens is 254 g/mol. The van der Waals surface area contributed by atoms with Crippen molar-refractivity contribution in [2.24, 2.45) is 17.8 Å². The molecule has 0 aliphatic heterocycles.